The molecule has 0 bridgehead atoms. The van der Waals surface area contributed by atoms with Crippen molar-refractivity contribution in [3.63, 3.8) is 0 Å². The van der Waals surface area contributed by atoms with Gasteiger partial charge in [-0.15, -0.1) is 0 Å². The summed E-state index contributed by atoms with van der Waals surface area (Å²) in [7, 11) is 1.62. The monoisotopic (exact) mass is 497 g/mol. The number of carboxylic acids is 1. The number of aromatic nitrogens is 1. The lowest BCUT2D eigenvalue weighted by Crippen LogP contribution is -2.57. The minimum absolute atomic E-state index is 0.0360. The lowest BCUT2D eigenvalue weighted by molar-refractivity contribution is -0.137. The number of hydrogen-bond acceptors (Lipinski definition) is 6. The molecule has 1 unspecified atom stereocenters. The number of nitrogens with two attached hydrogens (primary N) is 2. The number of nitrogens with zero attached hydrogens (tertiary/aromatic N) is 2. The second kappa shape index (κ2) is 10.5. The second-order valence-corrected chi connectivity index (χ2v) is 10.0. The lowest BCUT2D eigenvalue weighted by atomic mass is 9.60. The van der Waals surface area contributed by atoms with Crippen molar-refractivity contribution < 1.29 is 24.3 Å². The van der Waals surface area contributed by atoms with Crippen LogP contribution in [0.1, 0.15) is 68.9 Å². The fraction of sp³-hybridized carbons (Fsp3) is 0.500. The molecular formula is C26H35N5O5. The number of ketones is 1. The van der Waals surface area contributed by atoms with Gasteiger partial charge in [-0.3, -0.25) is 14.4 Å². The van der Waals surface area contributed by atoms with Gasteiger partial charge >= 0.3 is 5.97 Å². The molecule has 0 spiro atoms. The quantitative estimate of drug-likeness (QED) is 0.235. The van der Waals surface area contributed by atoms with Gasteiger partial charge in [0.1, 0.15) is 11.4 Å². The molecule has 2 amide bonds. The highest BCUT2D eigenvalue weighted by Gasteiger charge is 2.54. The maximum Gasteiger partial charge on any atom is 0.352 e. The molecule has 3 rings (SSSR count). The van der Waals surface area contributed by atoms with Gasteiger partial charge in [0.25, 0.3) is 0 Å². The van der Waals surface area contributed by atoms with Gasteiger partial charge in [-0.2, -0.15) is 5.10 Å². The number of carbonyl (C=O) groups is 4. The number of fused-ring (bicyclic) bond motifs is 1. The van der Waals surface area contributed by atoms with E-state index in [0.29, 0.717) is 36.6 Å². The van der Waals surface area contributed by atoms with Gasteiger partial charge in [0.15, 0.2) is 5.78 Å². The van der Waals surface area contributed by atoms with Gasteiger partial charge in [0.2, 0.25) is 11.8 Å². The van der Waals surface area contributed by atoms with E-state index in [1.165, 1.54) is 11.5 Å². The number of carbonyl (C=O) groups excluding carboxylic acids is 3. The number of rotatable bonds is 9. The summed E-state index contributed by atoms with van der Waals surface area (Å²) in [5, 5.41) is 17.3. The maximum atomic E-state index is 13.9. The van der Waals surface area contributed by atoms with Crippen LogP contribution in [0.25, 0.3) is 10.9 Å². The first-order valence-corrected chi connectivity index (χ1v) is 12.2. The van der Waals surface area contributed by atoms with Crippen LogP contribution in [-0.4, -0.2) is 45.0 Å². The van der Waals surface area contributed by atoms with Crippen molar-refractivity contribution in [3.8, 4) is 0 Å². The van der Waals surface area contributed by atoms with Gasteiger partial charge < -0.3 is 26.6 Å². The molecule has 1 saturated carbocycles. The highest BCUT2D eigenvalue weighted by molar-refractivity contribution is 6.41. The summed E-state index contributed by atoms with van der Waals surface area (Å²) in [6, 6.07) is 6.32. The average molecular weight is 498 g/mol. The summed E-state index contributed by atoms with van der Waals surface area (Å²) >= 11 is 0. The highest BCUT2D eigenvalue weighted by Crippen LogP contribution is 2.48. The van der Waals surface area contributed by atoms with Crippen molar-refractivity contribution in [2.75, 3.05) is 0 Å². The van der Waals surface area contributed by atoms with E-state index in [4.69, 9.17) is 11.6 Å². The number of hydrazone groups is 1. The van der Waals surface area contributed by atoms with Crippen molar-refractivity contribution in [3.05, 3.63) is 35.5 Å². The molecule has 10 heteroatoms. The molecular weight excluding hydrogens is 462 g/mol. The van der Waals surface area contributed by atoms with E-state index in [2.05, 4.69) is 10.4 Å². The van der Waals surface area contributed by atoms with E-state index in [9.17, 15) is 24.3 Å². The third-order valence-electron chi connectivity index (χ3n) is 7.27. The number of benzene rings is 1. The molecule has 3 atom stereocenters. The van der Waals surface area contributed by atoms with Gasteiger partial charge in [-0.25, -0.2) is 4.79 Å². The molecule has 194 valence electrons. The minimum atomic E-state index is -1.55. The summed E-state index contributed by atoms with van der Waals surface area (Å²) in [6.07, 6.45) is 2.24. The Morgan fingerprint density at radius 2 is 1.89 bits per heavy atom. The first-order valence-electron chi connectivity index (χ1n) is 12.2. The zero-order chi connectivity index (χ0) is 26.8. The Morgan fingerprint density at radius 1 is 1.22 bits per heavy atom. The number of hydrogen-bond donors (Lipinski definition) is 4. The number of amides is 2. The van der Waals surface area contributed by atoms with Gasteiger partial charge in [0.05, 0.1) is 17.4 Å². The summed E-state index contributed by atoms with van der Waals surface area (Å²) in [4.78, 5) is 51.8. The number of nitrogens with one attached hydrogen (secondary N) is 1. The molecule has 0 aliphatic heterocycles. The maximum absolute atomic E-state index is 13.9. The Morgan fingerprint density at radius 3 is 2.44 bits per heavy atom. The molecule has 36 heavy (non-hydrogen) atoms. The fourth-order valence-corrected chi connectivity index (χ4v) is 5.75. The van der Waals surface area contributed by atoms with Crippen LogP contribution in [0.4, 0.5) is 0 Å². The Bertz CT molecular complexity index is 1230. The van der Waals surface area contributed by atoms with Gasteiger partial charge in [-0.05, 0) is 31.2 Å². The predicted molar refractivity (Wildman–Crippen MR) is 136 cm³/mol. The molecule has 0 radical (unpaired) electrons. The van der Waals surface area contributed by atoms with E-state index >= 15 is 0 Å². The normalized spacial score (nSPS) is 21.4. The largest absolute Gasteiger partial charge is 0.477 e. The molecule has 1 fully saturated rings. The zero-order valence-corrected chi connectivity index (χ0v) is 21.2. The Labute approximate surface area is 210 Å². The van der Waals surface area contributed by atoms with Crippen molar-refractivity contribution in [1.82, 2.24) is 9.88 Å². The van der Waals surface area contributed by atoms with Crippen LogP contribution < -0.4 is 16.9 Å². The number of carboxylic acid groups (broad SMARTS) is 1. The Balaban J connectivity index is 2.21. The van der Waals surface area contributed by atoms with Crippen LogP contribution in [0.15, 0.2) is 29.4 Å². The molecule has 1 aromatic carbocycles. The third kappa shape index (κ3) is 4.59. The Kier molecular flexibility index (Phi) is 7.86. The standard InChI is InChI=1S/C26H35N5O5/c1-14(2)13-18(21(30-28)15(3)32)29-23(33)17-10-7-8-12-26(17,25(27)36)20-16-9-5-6-11-19(16)31(4)22(20)24(34)35/h5-6,9,11,14,17-18H,7-8,10,12-13,28H2,1-4H3,(H2,27,36)(H,29,33)(H,34,35)/t17-,18?,26-/m0/s1. The fourth-order valence-electron chi connectivity index (χ4n) is 5.75. The zero-order valence-electron chi connectivity index (χ0n) is 21.2. The van der Waals surface area contributed by atoms with Crippen LogP contribution in [0.5, 0.6) is 0 Å². The topological polar surface area (TPSA) is 170 Å². The average Bonchev–Trinajstić information content (AvgIpc) is 3.11. The van der Waals surface area contributed by atoms with E-state index in [0.717, 1.165) is 0 Å². The van der Waals surface area contributed by atoms with Crippen molar-refractivity contribution >= 4 is 40.2 Å². The van der Waals surface area contributed by atoms with E-state index < -0.39 is 35.2 Å². The smallest absolute Gasteiger partial charge is 0.352 e. The van der Waals surface area contributed by atoms with Crippen LogP contribution >= 0.6 is 0 Å². The molecule has 0 saturated heterocycles. The van der Waals surface area contributed by atoms with Crippen molar-refractivity contribution in [1.29, 1.82) is 0 Å². The molecule has 10 nitrogen and oxygen atoms in total. The number of primary amides is 1. The number of aryl methyl sites for hydroxylation is 1. The van der Waals surface area contributed by atoms with E-state index in [1.807, 2.05) is 13.8 Å². The van der Waals surface area contributed by atoms with Crippen LogP contribution in [0, 0.1) is 11.8 Å². The van der Waals surface area contributed by atoms with E-state index in [-0.39, 0.29) is 35.1 Å². The molecule has 2 aromatic rings. The Hall–Kier alpha value is -3.69. The minimum Gasteiger partial charge on any atom is -0.477 e. The van der Waals surface area contributed by atoms with Crippen LogP contribution in [0.2, 0.25) is 0 Å². The summed E-state index contributed by atoms with van der Waals surface area (Å²) in [5.74, 6) is 1.86. The van der Waals surface area contributed by atoms with Gasteiger partial charge in [0, 0.05) is 30.4 Å². The molecule has 1 aliphatic carbocycles. The second-order valence-electron chi connectivity index (χ2n) is 10.0. The van der Waals surface area contributed by atoms with Gasteiger partial charge in [-0.1, -0.05) is 44.9 Å². The van der Waals surface area contributed by atoms with Crippen molar-refractivity contribution in [2.24, 2.45) is 35.6 Å². The SMILES string of the molecule is CC(=O)C(=NN)C(CC(C)C)NC(=O)[C@@H]1CCCC[C@@]1(C(N)=O)c1c(C(=O)O)n(C)c2ccccc12. The number of Topliss-reactive ketones (excluding diaryl/α,β-unsaturated/α-hetero) is 1. The first kappa shape index (κ1) is 26.9. The van der Waals surface area contributed by atoms with Crippen LogP contribution in [-0.2, 0) is 26.8 Å². The first-order chi connectivity index (χ1) is 17.0. The van der Waals surface area contributed by atoms with Crippen molar-refractivity contribution in [2.45, 2.75) is 64.3 Å². The molecule has 1 heterocycles. The highest BCUT2D eigenvalue weighted by atomic mass is 16.4. The molecule has 6 N–H and O–H groups in total. The molecule has 1 aromatic heterocycles. The number of para-hydroxylation sites is 1. The van der Waals surface area contributed by atoms with E-state index in [1.54, 1.807) is 31.3 Å². The summed E-state index contributed by atoms with van der Waals surface area (Å²) in [5.41, 5.74) is 5.37. The summed E-state index contributed by atoms with van der Waals surface area (Å²) < 4.78 is 1.53. The lowest BCUT2D eigenvalue weighted by Gasteiger charge is -2.42. The predicted octanol–water partition coefficient (Wildman–Crippen LogP) is 2.22. The number of aromatic carboxylic acids is 1. The molecule has 1 aliphatic rings. The third-order valence-corrected chi connectivity index (χ3v) is 7.27. The summed E-state index contributed by atoms with van der Waals surface area (Å²) in [6.45, 7) is 5.21. The van der Waals surface area contributed by atoms with Crippen LogP contribution in [0.3, 0.4) is 0 Å².